The molecule has 4 nitrogen and oxygen atoms in total. The Morgan fingerprint density at radius 3 is 3.19 bits per heavy atom. The van der Waals surface area contributed by atoms with Crippen LogP contribution in [0.4, 0.5) is 5.69 Å². The number of carbonyl (C=O) groups is 1. The van der Waals surface area contributed by atoms with Gasteiger partial charge in [0.05, 0.1) is 23.6 Å². The number of hydrogen-bond acceptors (Lipinski definition) is 4. The van der Waals surface area contributed by atoms with E-state index in [2.05, 4.69) is 5.32 Å². The third-order valence-electron chi connectivity index (χ3n) is 2.30. The van der Waals surface area contributed by atoms with E-state index in [0.717, 1.165) is 16.1 Å². The monoisotopic (exact) mass is 233 g/mol. The molecule has 16 heavy (non-hydrogen) atoms. The minimum atomic E-state index is -0.495. The van der Waals surface area contributed by atoms with Crippen molar-refractivity contribution in [2.45, 2.75) is 17.4 Å². The van der Waals surface area contributed by atoms with Crippen LogP contribution in [0.25, 0.3) is 0 Å². The Hall–Kier alpha value is -1.51. The number of nitrogens with zero attached hydrogens (tertiary/aromatic N) is 1. The van der Waals surface area contributed by atoms with Crippen LogP contribution < -0.4 is 11.1 Å². The Labute approximate surface area is 97.8 Å². The Balaban J connectivity index is 2.22. The van der Waals surface area contributed by atoms with Crippen LogP contribution in [0.15, 0.2) is 23.1 Å². The molecule has 0 fully saturated rings. The van der Waals surface area contributed by atoms with Gasteiger partial charge in [0, 0.05) is 11.3 Å². The quantitative estimate of drug-likeness (QED) is 0.802. The molecule has 1 aromatic carbocycles. The number of carbonyl (C=O) groups excluding carboxylic acids is 1. The molecule has 0 radical (unpaired) electrons. The topological polar surface area (TPSA) is 78.9 Å². The normalized spacial score (nSPS) is 15.9. The lowest BCUT2D eigenvalue weighted by atomic mass is 10.1. The molecule has 1 atom stereocenters. The van der Waals surface area contributed by atoms with E-state index in [9.17, 15) is 4.79 Å². The van der Waals surface area contributed by atoms with Gasteiger partial charge in [-0.1, -0.05) is 6.07 Å². The molecule has 1 aromatic rings. The van der Waals surface area contributed by atoms with Gasteiger partial charge in [0.1, 0.15) is 0 Å². The summed E-state index contributed by atoms with van der Waals surface area (Å²) in [4.78, 5) is 12.3. The predicted octanol–water partition coefficient (Wildman–Crippen LogP) is 1.12. The number of nitrogens with one attached hydrogen (secondary N) is 1. The number of hydrogen-bond donors (Lipinski definition) is 2. The first-order valence-electron chi connectivity index (χ1n) is 4.90. The molecule has 1 amide bonds. The van der Waals surface area contributed by atoms with Gasteiger partial charge >= 0.3 is 0 Å². The highest BCUT2D eigenvalue weighted by atomic mass is 32.2. The van der Waals surface area contributed by atoms with Crippen LogP contribution >= 0.6 is 11.8 Å². The Bertz CT molecular complexity index is 467. The highest BCUT2D eigenvalue weighted by Gasteiger charge is 2.15. The molecule has 0 saturated heterocycles. The summed E-state index contributed by atoms with van der Waals surface area (Å²) in [6, 6.07) is 7.28. The second-order valence-corrected chi connectivity index (χ2v) is 4.62. The van der Waals surface area contributed by atoms with E-state index >= 15 is 0 Å². The molecule has 82 valence electrons. The number of anilines is 1. The second-order valence-electron chi connectivity index (χ2n) is 3.61. The molecule has 0 saturated carbocycles. The van der Waals surface area contributed by atoms with Gasteiger partial charge in [-0.05, 0) is 17.7 Å². The van der Waals surface area contributed by atoms with Gasteiger partial charge in [0.15, 0.2) is 0 Å². The van der Waals surface area contributed by atoms with E-state index in [1.807, 2.05) is 24.3 Å². The molecule has 1 aliphatic heterocycles. The van der Waals surface area contributed by atoms with E-state index in [1.54, 1.807) is 0 Å². The van der Waals surface area contributed by atoms with Crippen molar-refractivity contribution >= 4 is 23.4 Å². The molecular weight excluding hydrogens is 222 g/mol. The molecule has 1 aliphatic rings. The Morgan fingerprint density at radius 2 is 2.44 bits per heavy atom. The summed E-state index contributed by atoms with van der Waals surface area (Å²) >= 11 is 1.52. The SMILES string of the molecule is N#CC(N)Cc1ccc2c(c1)NC(=O)CS2. The average molecular weight is 233 g/mol. The zero-order valence-electron chi connectivity index (χ0n) is 8.56. The number of nitrogens with two attached hydrogens (primary N) is 1. The van der Waals surface area contributed by atoms with Crippen LogP contribution in [-0.4, -0.2) is 17.7 Å². The van der Waals surface area contributed by atoms with Crippen LogP contribution in [0.5, 0.6) is 0 Å². The first kappa shape index (κ1) is 11.0. The third-order valence-corrected chi connectivity index (χ3v) is 3.37. The van der Waals surface area contributed by atoms with E-state index in [4.69, 9.17) is 11.0 Å². The van der Waals surface area contributed by atoms with Gasteiger partial charge in [-0.2, -0.15) is 5.26 Å². The number of thioether (sulfide) groups is 1. The summed E-state index contributed by atoms with van der Waals surface area (Å²) in [5, 5.41) is 11.4. The summed E-state index contributed by atoms with van der Waals surface area (Å²) in [7, 11) is 0. The summed E-state index contributed by atoms with van der Waals surface area (Å²) < 4.78 is 0. The number of nitriles is 1. The fourth-order valence-corrected chi connectivity index (χ4v) is 2.35. The lowest BCUT2D eigenvalue weighted by Gasteiger charge is -2.17. The molecule has 0 spiro atoms. The van der Waals surface area contributed by atoms with Gasteiger partial charge in [-0.25, -0.2) is 0 Å². The molecule has 5 heteroatoms. The minimum Gasteiger partial charge on any atom is -0.324 e. The second kappa shape index (κ2) is 4.56. The van der Waals surface area contributed by atoms with Crippen LogP contribution in [0.1, 0.15) is 5.56 Å². The van der Waals surface area contributed by atoms with Crippen molar-refractivity contribution in [3.8, 4) is 6.07 Å². The van der Waals surface area contributed by atoms with Gasteiger partial charge in [0.25, 0.3) is 0 Å². The molecule has 0 aromatic heterocycles. The predicted molar refractivity (Wildman–Crippen MR) is 63.1 cm³/mol. The summed E-state index contributed by atoms with van der Waals surface area (Å²) in [6.07, 6.45) is 0.504. The average Bonchev–Trinajstić information content (AvgIpc) is 2.28. The van der Waals surface area contributed by atoms with E-state index in [1.165, 1.54) is 11.8 Å². The maximum absolute atomic E-state index is 11.2. The lowest BCUT2D eigenvalue weighted by molar-refractivity contribution is -0.113. The van der Waals surface area contributed by atoms with E-state index in [-0.39, 0.29) is 5.91 Å². The molecule has 0 aliphatic carbocycles. The standard InChI is InChI=1S/C11H11N3OS/c12-5-8(13)3-7-1-2-10-9(4-7)14-11(15)6-16-10/h1-2,4,8H,3,6,13H2,(H,14,15). The van der Waals surface area contributed by atoms with Crippen LogP contribution in [0.2, 0.25) is 0 Å². The number of benzene rings is 1. The lowest BCUT2D eigenvalue weighted by Crippen LogP contribution is -2.21. The smallest absolute Gasteiger partial charge is 0.234 e. The summed E-state index contributed by atoms with van der Waals surface area (Å²) in [5.41, 5.74) is 7.35. The molecule has 2 rings (SSSR count). The first-order chi connectivity index (χ1) is 7.69. The van der Waals surface area contributed by atoms with Crippen LogP contribution in [0, 0.1) is 11.3 Å². The van der Waals surface area contributed by atoms with Crippen molar-refractivity contribution in [1.29, 1.82) is 5.26 Å². The fraction of sp³-hybridized carbons (Fsp3) is 0.273. The van der Waals surface area contributed by atoms with Crippen molar-refractivity contribution in [1.82, 2.24) is 0 Å². The van der Waals surface area contributed by atoms with Gasteiger partial charge in [-0.3, -0.25) is 4.79 Å². The van der Waals surface area contributed by atoms with Crippen LogP contribution in [-0.2, 0) is 11.2 Å². The molecular formula is C11H11N3OS. The van der Waals surface area contributed by atoms with Crippen molar-refractivity contribution in [3.05, 3.63) is 23.8 Å². The summed E-state index contributed by atoms with van der Waals surface area (Å²) in [6.45, 7) is 0. The number of amides is 1. The highest BCUT2D eigenvalue weighted by molar-refractivity contribution is 8.00. The molecule has 1 unspecified atom stereocenters. The fourth-order valence-electron chi connectivity index (χ4n) is 1.56. The zero-order valence-corrected chi connectivity index (χ0v) is 9.38. The van der Waals surface area contributed by atoms with Gasteiger partial charge in [0.2, 0.25) is 5.91 Å². The molecule has 3 N–H and O–H groups in total. The van der Waals surface area contributed by atoms with Gasteiger partial charge in [-0.15, -0.1) is 11.8 Å². The number of fused-ring (bicyclic) bond motifs is 1. The Morgan fingerprint density at radius 1 is 1.62 bits per heavy atom. The Kier molecular flexibility index (Phi) is 3.13. The highest BCUT2D eigenvalue weighted by Crippen LogP contribution is 2.32. The minimum absolute atomic E-state index is 0.0132. The zero-order chi connectivity index (χ0) is 11.5. The summed E-state index contributed by atoms with van der Waals surface area (Å²) in [5.74, 6) is 0.476. The van der Waals surface area contributed by atoms with Crippen molar-refractivity contribution in [2.24, 2.45) is 5.73 Å². The van der Waals surface area contributed by atoms with E-state index < -0.39 is 6.04 Å². The first-order valence-corrected chi connectivity index (χ1v) is 5.88. The van der Waals surface area contributed by atoms with Gasteiger partial charge < -0.3 is 11.1 Å². The molecule has 1 heterocycles. The maximum Gasteiger partial charge on any atom is 0.234 e. The van der Waals surface area contributed by atoms with Crippen molar-refractivity contribution < 1.29 is 4.79 Å². The van der Waals surface area contributed by atoms with Crippen molar-refractivity contribution in [2.75, 3.05) is 11.1 Å². The third kappa shape index (κ3) is 2.35. The molecule has 0 bridgehead atoms. The van der Waals surface area contributed by atoms with Crippen molar-refractivity contribution in [3.63, 3.8) is 0 Å². The maximum atomic E-state index is 11.2. The van der Waals surface area contributed by atoms with E-state index in [0.29, 0.717) is 12.2 Å². The van der Waals surface area contributed by atoms with Crippen LogP contribution in [0.3, 0.4) is 0 Å². The largest absolute Gasteiger partial charge is 0.324 e. The number of rotatable bonds is 2.